The topological polar surface area (TPSA) is 98.0 Å². The zero-order valence-corrected chi connectivity index (χ0v) is 7.96. The van der Waals surface area contributed by atoms with Crippen molar-refractivity contribution in [2.45, 2.75) is 0 Å². The van der Waals surface area contributed by atoms with Crippen LogP contribution < -0.4 is 11.2 Å². The van der Waals surface area contributed by atoms with Crippen LogP contribution >= 0.6 is 0 Å². The summed E-state index contributed by atoms with van der Waals surface area (Å²) >= 11 is 0. The van der Waals surface area contributed by atoms with E-state index in [2.05, 4.69) is 10.5 Å². The number of hydrogen-bond acceptors (Lipinski definition) is 4. The van der Waals surface area contributed by atoms with E-state index in [0.29, 0.717) is 0 Å². The minimum atomic E-state index is -1.12. The van der Waals surface area contributed by atoms with Crippen molar-refractivity contribution in [3.05, 3.63) is 29.8 Å². The molecule has 1 aromatic carbocycles. The first kappa shape index (κ1) is 11.6. The number of anilines is 1. The summed E-state index contributed by atoms with van der Waals surface area (Å²) in [5, 5.41) is 18.8. The number of hydrogen-bond donors (Lipinski definition) is 3. The number of rotatable bonds is 3. The van der Waals surface area contributed by atoms with Crippen LogP contribution in [0.2, 0.25) is 0 Å². The number of hydrazone groups is 1. The second kappa shape index (κ2) is 4.84. The molecule has 4 N–H and O–H groups in total. The van der Waals surface area contributed by atoms with Crippen LogP contribution in [0.1, 0.15) is 0 Å². The van der Waals surface area contributed by atoms with Gasteiger partial charge in [-0.2, -0.15) is 10.4 Å². The molecule has 0 bridgehead atoms. The van der Waals surface area contributed by atoms with Crippen LogP contribution in [-0.2, 0) is 0 Å². The molecule has 0 aliphatic rings. The summed E-state index contributed by atoms with van der Waals surface area (Å²) in [6.07, 6.45) is 0. The summed E-state index contributed by atoms with van der Waals surface area (Å²) in [6.45, 7) is 0. The van der Waals surface area contributed by atoms with Gasteiger partial charge in [-0.3, -0.25) is 10.8 Å². The first-order valence-corrected chi connectivity index (χ1v) is 4.08. The third-order valence-corrected chi connectivity index (χ3v) is 1.60. The maximum atomic E-state index is 13.1. The molecule has 0 radical (unpaired) electrons. The largest absolute Gasteiger partial charge is 0.382 e. The lowest BCUT2D eigenvalue weighted by Gasteiger charge is -2.02. The van der Waals surface area contributed by atoms with Gasteiger partial charge in [-0.1, -0.05) is 6.07 Å². The third kappa shape index (κ3) is 2.51. The number of nitriles is 1. The molecule has 1 aromatic rings. The zero-order valence-electron chi connectivity index (χ0n) is 7.96. The van der Waals surface area contributed by atoms with E-state index in [4.69, 9.17) is 16.4 Å². The lowest BCUT2D eigenvalue weighted by Crippen LogP contribution is -2.22. The van der Waals surface area contributed by atoms with Crippen molar-refractivity contribution in [3.63, 3.8) is 0 Å². The molecule has 0 unspecified atom stereocenters. The number of nitrogens with zero attached hydrogens (tertiary/aromatic N) is 2. The highest BCUT2D eigenvalue weighted by Gasteiger charge is 2.07. The lowest BCUT2D eigenvalue weighted by atomic mass is 10.3. The summed E-state index contributed by atoms with van der Waals surface area (Å²) in [5.41, 5.74) is 6.46. The number of nitrogens with two attached hydrogens (primary N) is 1. The molecule has 1 rings (SSSR count). The highest BCUT2D eigenvalue weighted by atomic mass is 19.2. The van der Waals surface area contributed by atoms with Gasteiger partial charge >= 0.3 is 0 Å². The Hall–Kier alpha value is -2.49. The molecule has 0 aliphatic carbocycles. The summed E-state index contributed by atoms with van der Waals surface area (Å²) in [4.78, 5) is 0. The molecule has 82 valence electrons. The van der Waals surface area contributed by atoms with Gasteiger partial charge < -0.3 is 5.73 Å². The minimum absolute atomic E-state index is 0.242. The van der Waals surface area contributed by atoms with Gasteiger partial charge in [0.15, 0.2) is 17.5 Å². The molecule has 0 heterocycles. The van der Waals surface area contributed by atoms with Gasteiger partial charge in [-0.25, -0.2) is 8.78 Å². The second-order valence-corrected chi connectivity index (χ2v) is 2.70. The SMILES string of the molecule is N#C/C(=N\Nc1cccc(F)c1F)C(=N)N. The molecule has 0 atom stereocenters. The van der Waals surface area contributed by atoms with Gasteiger partial charge in [-0.05, 0) is 12.1 Å². The average Bonchev–Trinajstić information content (AvgIpc) is 2.24. The van der Waals surface area contributed by atoms with E-state index in [9.17, 15) is 8.78 Å². The van der Waals surface area contributed by atoms with Crippen LogP contribution in [0.25, 0.3) is 0 Å². The Morgan fingerprint density at radius 1 is 1.50 bits per heavy atom. The number of benzene rings is 1. The quantitative estimate of drug-likeness (QED) is 0.407. The Morgan fingerprint density at radius 2 is 2.19 bits per heavy atom. The lowest BCUT2D eigenvalue weighted by molar-refractivity contribution is 0.511. The Balaban J connectivity index is 2.95. The van der Waals surface area contributed by atoms with Crippen molar-refractivity contribution in [2.24, 2.45) is 10.8 Å². The summed E-state index contributed by atoms with van der Waals surface area (Å²) in [7, 11) is 0. The van der Waals surface area contributed by atoms with Crippen LogP contribution in [0.4, 0.5) is 14.5 Å². The fraction of sp³-hybridized carbons (Fsp3) is 0. The minimum Gasteiger partial charge on any atom is -0.382 e. The Labute approximate surface area is 89.7 Å². The molecule has 0 saturated heterocycles. The molecule has 7 heteroatoms. The molecule has 0 aliphatic heterocycles. The molecule has 0 amide bonds. The summed E-state index contributed by atoms with van der Waals surface area (Å²) in [6, 6.07) is 4.98. The number of amidine groups is 1. The molecule has 0 aromatic heterocycles. The van der Waals surface area contributed by atoms with E-state index in [0.717, 1.165) is 6.07 Å². The fourth-order valence-electron chi connectivity index (χ4n) is 0.852. The van der Waals surface area contributed by atoms with Crippen LogP contribution in [0.5, 0.6) is 0 Å². The summed E-state index contributed by atoms with van der Waals surface area (Å²) in [5.74, 6) is -2.72. The fourth-order valence-corrected chi connectivity index (χ4v) is 0.852. The predicted molar refractivity (Wildman–Crippen MR) is 54.9 cm³/mol. The predicted octanol–water partition coefficient (Wildman–Crippen LogP) is 1.19. The highest BCUT2D eigenvalue weighted by molar-refractivity contribution is 6.45. The van der Waals surface area contributed by atoms with Gasteiger partial charge in [0.1, 0.15) is 6.07 Å². The van der Waals surface area contributed by atoms with E-state index in [1.54, 1.807) is 0 Å². The van der Waals surface area contributed by atoms with E-state index in [1.165, 1.54) is 18.2 Å². The van der Waals surface area contributed by atoms with Crippen molar-refractivity contribution in [1.29, 1.82) is 10.7 Å². The van der Waals surface area contributed by atoms with E-state index < -0.39 is 23.2 Å². The van der Waals surface area contributed by atoms with E-state index >= 15 is 0 Å². The van der Waals surface area contributed by atoms with Crippen molar-refractivity contribution < 1.29 is 8.78 Å². The smallest absolute Gasteiger partial charge is 0.201 e. The van der Waals surface area contributed by atoms with Gasteiger partial charge in [-0.15, -0.1) is 0 Å². The van der Waals surface area contributed by atoms with Crippen LogP contribution in [-0.4, -0.2) is 11.5 Å². The van der Waals surface area contributed by atoms with Crippen LogP contribution in [0, 0.1) is 28.4 Å². The van der Waals surface area contributed by atoms with Crippen molar-refractivity contribution in [2.75, 3.05) is 5.43 Å². The maximum absolute atomic E-state index is 13.1. The zero-order chi connectivity index (χ0) is 12.1. The number of nitrogens with one attached hydrogen (secondary N) is 2. The second-order valence-electron chi connectivity index (χ2n) is 2.70. The monoisotopic (exact) mass is 223 g/mol. The maximum Gasteiger partial charge on any atom is 0.201 e. The van der Waals surface area contributed by atoms with Crippen molar-refractivity contribution in [3.8, 4) is 6.07 Å². The Morgan fingerprint density at radius 3 is 2.75 bits per heavy atom. The van der Waals surface area contributed by atoms with Crippen molar-refractivity contribution >= 4 is 17.2 Å². The standard InChI is InChI=1S/C9H7F2N5/c10-5-2-1-3-6(8(5)11)15-16-7(4-12)9(13)14/h1-3,15H,(H3,13,14)/b16-7+. The van der Waals surface area contributed by atoms with Crippen LogP contribution in [0.15, 0.2) is 23.3 Å². The van der Waals surface area contributed by atoms with E-state index in [1.807, 2.05) is 0 Å². The van der Waals surface area contributed by atoms with Gasteiger partial charge in [0, 0.05) is 0 Å². The average molecular weight is 223 g/mol. The molecule has 0 fully saturated rings. The van der Waals surface area contributed by atoms with Crippen molar-refractivity contribution in [1.82, 2.24) is 0 Å². The summed E-state index contributed by atoms with van der Waals surface area (Å²) < 4.78 is 25.8. The normalized spacial score (nSPS) is 10.7. The number of halogens is 2. The first-order chi connectivity index (χ1) is 7.56. The molecular weight excluding hydrogens is 216 g/mol. The Bertz CT molecular complexity index is 489. The highest BCUT2D eigenvalue weighted by Crippen LogP contribution is 2.16. The molecule has 0 saturated carbocycles. The molecule has 16 heavy (non-hydrogen) atoms. The van der Waals surface area contributed by atoms with Crippen LogP contribution in [0.3, 0.4) is 0 Å². The van der Waals surface area contributed by atoms with Gasteiger partial charge in [0.05, 0.1) is 5.69 Å². The Kier molecular flexibility index (Phi) is 3.50. The van der Waals surface area contributed by atoms with E-state index in [-0.39, 0.29) is 5.69 Å². The molecular formula is C9H7F2N5. The van der Waals surface area contributed by atoms with Gasteiger partial charge in [0.2, 0.25) is 5.71 Å². The molecule has 0 spiro atoms. The van der Waals surface area contributed by atoms with Gasteiger partial charge in [0.25, 0.3) is 0 Å². The molecule has 5 nitrogen and oxygen atoms in total. The first-order valence-electron chi connectivity index (χ1n) is 4.08. The third-order valence-electron chi connectivity index (χ3n) is 1.60.